The summed E-state index contributed by atoms with van der Waals surface area (Å²) in [6.07, 6.45) is 3.70. The quantitative estimate of drug-likeness (QED) is 0.569. The standard InChI is InChI=1S/C17H17N3O/c1-21-16-9-5-4-8-14(16)17(20-18)15-11-19-10-12-6-2-3-7-13(12)15/h2-11,17,20H,18H2,1H3. The fraction of sp³-hybridized carbons (Fsp3) is 0.118. The van der Waals surface area contributed by atoms with Crippen molar-refractivity contribution in [1.82, 2.24) is 10.4 Å². The van der Waals surface area contributed by atoms with Crippen molar-refractivity contribution in [3.05, 3.63) is 72.1 Å². The summed E-state index contributed by atoms with van der Waals surface area (Å²) in [7, 11) is 1.66. The number of aromatic nitrogens is 1. The van der Waals surface area contributed by atoms with Gasteiger partial charge in [0.25, 0.3) is 0 Å². The van der Waals surface area contributed by atoms with E-state index >= 15 is 0 Å². The molecule has 3 aromatic rings. The molecule has 0 aliphatic carbocycles. The van der Waals surface area contributed by atoms with Gasteiger partial charge in [0, 0.05) is 28.9 Å². The molecule has 0 bridgehead atoms. The van der Waals surface area contributed by atoms with E-state index in [0.717, 1.165) is 27.6 Å². The Bertz CT molecular complexity index is 752. The van der Waals surface area contributed by atoms with E-state index in [1.165, 1.54) is 0 Å². The van der Waals surface area contributed by atoms with E-state index in [2.05, 4.69) is 16.5 Å². The molecular formula is C17H17N3O. The Balaban J connectivity index is 2.19. The number of hydrazine groups is 1. The molecule has 0 fully saturated rings. The molecule has 4 nitrogen and oxygen atoms in total. The summed E-state index contributed by atoms with van der Waals surface area (Å²) in [6.45, 7) is 0. The average Bonchev–Trinajstić information content (AvgIpc) is 2.56. The van der Waals surface area contributed by atoms with Crippen molar-refractivity contribution in [3.8, 4) is 5.75 Å². The lowest BCUT2D eigenvalue weighted by atomic mass is 9.95. The van der Waals surface area contributed by atoms with Gasteiger partial charge in [-0.2, -0.15) is 0 Å². The van der Waals surface area contributed by atoms with Crippen molar-refractivity contribution >= 4 is 10.8 Å². The predicted molar refractivity (Wildman–Crippen MR) is 83.9 cm³/mol. The number of pyridine rings is 1. The van der Waals surface area contributed by atoms with Gasteiger partial charge < -0.3 is 4.74 Å². The number of para-hydroxylation sites is 1. The fourth-order valence-corrected chi connectivity index (χ4v) is 2.62. The van der Waals surface area contributed by atoms with Gasteiger partial charge in [-0.25, -0.2) is 5.43 Å². The maximum atomic E-state index is 5.82. The monoisotopic (exact) mass is 279 g/mol. The van der Waals surface area contributed by atoms with Crippen LogP contribution in [0.25, 0.3) is 10.8 Å². The Labute approximate surface area is 123 Å². The van der Waals surface area contributed by atoms with E-state index in [4.69, 9.17) is 10.6 Å². The first kappa shape index (κ1) is 13.5. The smallest absolute Gasteiger partial charge is 0.124 e. The third kappa shape index (κ3) is 2.46. The second kappa shape index (κ2) is 5.91. The van der Waals surface area contributed by atoms with Crippen LogP contribution in [-0.4, -0.2) is 12.1 Å². The molecule has 0 aliphatic heterocycles. The topological polar surface area (TPSA) is 60.2 Å². The summed E-state index contributed by atoms with van der Waals surface area (Å²) in [5.41, 5.74) is 4.90. The van der Waals surface area contributed by atoms with E-state index < -0.39 is 0 Å². The second-order valence-electron chi connectivity index (χ2n) is 4.79. The molecule has 0 saturated heterocycles. The van der Waals surface area contributed by atoms with E-state index in [1.54, 1.807) is 7.11 Å². The molecule has 4 heteroatoms. The molecule has 1 aromatic heterocycles. The first-order chi connectivity index (χ1) is 10.3. The number of nitrogens with zero attached hydrogens (tertiary/aromatic N) is 1. The third-order valence-corrected chi connectivity index (χ3v) is 3.63. The molecule has 0 amide bonds. The van der Waals surface area contributed by atoms with Crippen molar-refractivity contribution in [1.29, 1.82) is 0 Å². The molecule has 3 N–H and O–H groups in total. The number of nitrogens with one attached hydrogen (secondary N) is 1. The van der Waals surface area contributed by atoms with Crippen LogP contribution in [0.2, 0.25) is 0 Å². The Morgan fingerprint density at radius 2 is 1.76 bits per heavy atom. The van der Waals surface area contributed by atoms with E-state index in [-0.39, 0.29) is 6.04 Å². The van der Waals surface area contributed by atoms with Gasteiger partial charge in [0.15, 0.2) is 0 Å². The minimum atomic E-state index is -0.181. The largest absolute Gasteiger partial charge is 0.496 e. The molecule has 0 saturated carbocycles. The van der Waals surface area contributed by atoms with Gasteiger partial charge in [0.1, 0.15) is 5.75 Å². The summed E-state index contributed by atoms with van der Waals surface area (Å²) in [6, 6.07) is 15.8. The number of benzene rings is 2. The predicted octanol–water partition coefficient (Wildman–Crippen LogP) is 2.80. The summed E-state index contributed by atoms with van der Waals surface area (Å²) in [5.74, 6) is 6.62. The molecule has 1 unspecified atom stereocenters. The van der Waals surface area contributed by atoms with Crippen molar-refractivity contribution < 1.29 is 4.74 Å². The van der Waals surface area contributed by atoms with Crippen LogP contribution in [0.15, 0.2) is 60.9 Å². The molecule has 0 aliphatic rings. The van der Waals surface area contributed by atoms with Crippen LogP contribution in [0, 0.1) is 0 Å². The molecule has 21 heavy (non-hydrogen) atoms. The maximum absolute atomic E-state index is 5.82. The van der Waals surface area contributed by atoms with Crippen molar-refractivity contribution in [3.63, 3.8) is 0 Å². The van der Waals surface area contributed by atoms with Crippen molar-refractivity contribution in [2.45, 2.75) is 6.04 Å². The van der Waals surface area contributed by atoms with Crippen LogP contribution in [0.5, 0.6) is 5.75 Å². The Morgan fingerprint density at radius 3 is 2.57 bits per heavy atom. The highest BCUT2D eigenvalue weighted by Gasteiger charge is 2.18. The molecule has 2 aromatic carbocycles. The number of rotatable bonds is 4. The summed E-state index contributed by atoms with van der Waals surface area (Å²) >= 11 is 0. The maximum Gasteiger partial charge on any atom is 0.124 e. The van der Waals surface area contributed by atoms with Crippen LogP contribution >= 0.6 is 0 Å². The van der Waals surface area contributed by atoms with Crippen LogP contribution in [0.4, 0.5) is 0 Å². The second-order valence-corrected chi connectivity index (χ2v) is 4.79. The summed E-state index contributed by atoms with van der Waals surface area (Å²) in [5, 5.41) is 2.21. The Morgan fingerprint density at radius 1 is 1.00 bits per heavy atom. The molecular weight excluding hydrogens is 262 g/mol. The van der Waals surface area contributed by atoms with Crippen LogP contribution < -0.4 is 16.0 Å². The Kier molecular flexibility index (Phi) is 3.81. The minimum Gasteiger partial charge on any atom is -0.496 e. The molecule has 1 atom stereocenters. The molecule has 0 radical (unpaired) electrons. The molecule has 106 valence electrons. The van der Waals surface area contributed by atoms with Gasteiger partial charge in [0.2, 0.25) is 0 Å². The van der Waals surface area contributed by atoms with Crippen molar-refractivity contribution in [2.24, 2.45) is 5.84 Å². The van der Waals surface area contributed by atoms with Gasteiger partial charge in [0.05, 0.1) is 13.2 Å². The minimum absolute atomic E-state index is 0.181. The lowest BCUT2D eigenvalue weighted by Crippen LogP contribution is -2.29. The summed E-state index contributed by atoms with van der Waals surface area (Å²) in [4.78, 5) is 4.33. The van der Waals surface area contributed by atoms with Gasteiger partial charge in [-0.1, -0.05) is 42.5 Å². The number of nitrogens with two attached hydrogens (primary N) is 1. The van der Waals surface area contributed by atoms with Gasteiger partial charge in [-0.05, 0) is 11.5 Å². The number of ether oxygens (including phenoxy) is 1. The number of hydrogen-bond donors (Lipinski definition) is 2. The highest BCUT2D eigenvalue weighted by Crippen LogP contribution is 2.32. The van der Waals surface area contributed by atoms with Gasteiger partial charge in [-0.15, -0.1) is 0 Å². The zero-order chi connectivity index (χ0) is 14.7. The highest BCUT2D eigenvalue weighted by atomic mass is 16.5. The Hall–Kier alpha value is -2.43. The first-order valence-corrected chi connectivity index (χ1v) is 6.77. The van der Waals surface area contributed by atoms with Gasteiger partial charge >= 0.3 is 0 Å². The number of fused-ring (bicyclic) bond motifs is 1. The first-order valence-electron chi connectivity index (χ1n) is 6.77. The van der Waals surface area contributed by atoms with E-state index in [0.29, 0.717) is 0 Å². The number of methoxy groups -OCH3 is 1. The third-order valence-electron chi connectivity index (χ3n) is 3.63. The van der Waals surface area contributed by atoms with E-state index in [9.17, 15) is 0 Å². The van der Waals surface area contributed by atoms with Crippen LogP contribution in [0.3, 0.4) is 0 Å². The van der Waals surface area contributed by atoms with Crippen LogP contribution in [0.1, 0.15) is 17.2 Å². The number of hydrogen-bond acceptors (Lipinski definition) is 4. The van der Waals surface area contributed by atoms with Crippen molar-refractivity contribution in [2.75, 3.05) is 7.11 Å². The zero-order valence-corrected chi connectivity index (χ0v) is 11.8. The lowest BCUT2D eigenvalue weighted by Gasteiger charge is -2.20. The zero-order valence-electron chi connectivity index (χ0n) is 11.8. The SMILES string of the molecule is COc1ccccc1C(NN)c1cncc2ccccc12. The van der Waals surface area contributed by atoms with Crippen LogP contribution in [-0.2, 0) is 0 Å². The molecule has 0 spiro atoms. The lowest BCUT2D eigenvalue weighted by molar-refractivity contribution is 0.404. The molecule has 3 rings (SSSR count). The molecule has 1 heterocycles. The average molecular weight is 279 g/mol. The summed E-state index contributed by atoms with van der Waals surface area (Å²) < 4.78 is 5.45. The van der Waals surface area contributed by atoms with E-state index in [1.807, 2.05) is 54.9 Å². The van der Waals surface area contributed by atoms with Gasteiger partial charge in [-0.3, -0.25) is 10.8 Å². The normalized spacial score (nSPS) is 12.3. The fourth-order valence-electron chi connectivity index (χ4n) is 2.62. The highest BCUT2D eigenvalue weighted by molar-refractivity contribution is 5.85.